The molecule has 0 aliphatic heterocycles. The van der Waals surface area contributed by atoms with Crippen LogP contribution in [-0.2, 0) is 12.8 Å². The van der Waals surface area contributed by atoms with Gasteiger partial charge in [0.15, 0.2) is 0 Å². The van der Waals surface area contributed by atoms with Crippen LogP contribution in [0.3, 0.4) is 0 Å². The molecule has 0 atom stereocenters. The molecule has 0 unspecified atom stereocenters. The predicted molar refractivity (Wildman–Crippen MR) is 62.1 cm³/mol. The molecule has 0 radical (unpaired) electrons. The minimum Gasteiger partial charge on any atom is -0.398 e. The predicted octanol–water partition coefficient (Wildman–Crippen LogP) is 3.36. The highest BCUT2D eigenvalue weighted by atomic mass is 35.5. The average molecular weight is 218 g/mol. The number of aryl methyl sites for hydroxylation is 1. The first-order chi connectivity index (χ1) is 5.70. The second kappa shape index (κ2) is 3.89. The molecule has 0 fully saturated rings. The molecule has 2 rings (SSSR count). The molecular formula is C10H16ClNS. The minimum atomic E-state index is 0. The van der Waals surface area contributed by atoms with Crippen molar-refractivity contribution >= 4 is 29.4 Å². The van der Waals surface area contributed by atoms with Crippen LogP contribution in [-0.4, -0.2) is 0 Å². The number of nitrogen functional groups attached to an aromatic ring is 1. The number of anilines is 1. The van der Waals surface area contributed by atoms with Gasteiger partial charge in [0.05, 0.1) is 0 Å². The number of nitrogens with two attached hydrogens (primary N) is 1. The number of halogens is 1. The maximum absolute atomic E-state index is 6.07. The molecular weight excluding hydrogens is 202 g/mol. The van der Waals surface area contributed by atoms with Crippen molar-refractivity contribution in [3.05, 3.63) is 15.3 Å². The van der Waals surface area contributed by atoms with E-state index in [-0.39, 0.29) is 12.4 Å². The van der Waals surface area contributed by atoms with Crippen molar-refractivity contribution in [3.8, 4) is 0 Å². The Morgan fingerprint density at radius 1 is 1.31 bits per heavy atom. The Kier molecular flexibility index (Phi) is 3.25. The van der Waals surface area contributed by atoms with Crippen LogP contribution in [0.4, 0.5) is 5.69 Å². The lowest BCUT2D eigenvalue weighted by atomic mass is 10.1. The maximum atomic E-state index is 6.07. The highest BCUT2D eigenvalue weighted by Gasteiger charge is 2.21. The van der Waals surface area contributed by atoms with Crippen molar-refractivity contribution in [2.24, 2.45) is 0 Å². The average Bonchev–Trinajstić information content (AvgIpc) is 2.53. The summed E-state index contributed by atoms with van der Waals surface area (Å²) in [5.41, 5.74) is 8.63. The van der Waals surface area contributed by atoms with Crippen molar-refractivity contribution in [3.63, 3.8) is 0 Å². The lowest BCUT2D eigenvalue weighted by Gasteiger charge is -2.03. The number of fused-ring (bicyclic) bond motifs is 1. The monoisotopic (exact) mass is 217 g/mol. The molecule has 1 aromatic heterocycles. The fourth-order valence-electron chi connectivity index (χ4n) is 1.88. The van der Waals surface area contributed by atoms with Gasteiger partial charge in [-0.1, -0.05) is 13.8 Å². The Morgan fingerprint density at radius 3 is 2.54 bits per heavy atom. The highest BCUT2D eigenvalue weighted by Crippen LogP contribution is 2.40. The van der Waals surface area contributed by atoms with Crippen LogP contribution in [0.15, 0.2) is 0 Å². The number of hydrogen-bond donors (Lipinski definition) is 1. The second-order valence-electron chi connectivity index (χ2n) is 3.79. The smallest absolute Gasteiger partial charge is 0.0493 e. The summed E-state index contributed by atoms with van der Waals surface area (Å²) in [6, 6.07) is 0. The third kappa shape index (κ3) is 1.70. The Morgan fingerprint density at radius 2 is 2.00 bits per heavy atom. The van der Waals surface area contributed by atoms with Crippen LogP contribution in [0.2, 0.25) is 0 Å². The molecule has 2 N–H and O–H groups in total. The first kappa shape index (κ1) is 10.9. The Balaban J connectivity index is 0.000000845. The summed E-state index contributed by atoms with van der Waals surface area (Å²) in [4.78, 5) is 2.95. The van der Waals surface area contributed by atoms with Crippen molar-refractivity contribution in [1.29, 1.82) is 0 Å². The summed E-state index contributed by atoms with van der Waals surface area (Å²) < 4.78 is 0. The summed E-state index contributed by atoms with van der Waals surface area (Å²) in [6.07, 6.45) is 3.78. The molecule has 74 valence electrons. The van der Waals surface area contributed by atoms with E-state index in [9.17, 15) is 0 Å². The molecule has 0 bridgehead atoms. The molecule has 1 aliphatic rings. The number of rotatable bonds is 1. The van der Waals surface area contributed by atoms with Crippen LogP contribution in [0.1, 0.15) is 41.5 Å². The van der Waals surface area contributed by atoms with Crippen molar-refractivity contribution in [1.82, 2.24) is 0 Å². The van der Waals surface area contributed by atoms with E-state index in [0.717, 1.165) is 5.69 Å². The first-order valence-electron chi connectivity index (χ1n) is 4.60. The van der Waals surface area contributed by atoms with Gasteiger partial charge in [0.1, 0.15) is 0 Å². The van der Waals surface area contributed by atoms with E-state index in [1.807, 2.05) is 11.3 Å². The molecule has 1 aromatic rings. The van der Waals surface area contributed by atoms with Gasteiger partial charge in [0.25, 0.3) is 0 Å². The molecule has 1 nitrogen and oxygen atoms in total. The lowest BCUT2D eigenvalue weighted by molar-refractivity contribution is 0.882. The van der Waals surface area contributed by atoms with E-state index in [0.29, 0.717) is 5.92 Å². The quantitative estimate of drug-likeness (QED) is 0.767. The van der Waals surface area contributed by atoms with E-state index >= 15 is 0 Å². The van der Waals surface area contributed by atoms with Gasteiger partial charge in [-0.15, -0.1) is 23.7 Å². The third-order valence-electron chi connectivity index (χ3n) is 2.52. The van der Waals surface area contributed by atoms with Crippen LogP contribution >= 0.6 is 23.7 Å². The van der Waals surface area contributed by atoms with Gasteiger partial charge in [-0.2, -0.15) is 0 Å². The fraction of sp³-hybridized carbons (Fsp3) is 0.600. The number of thiophene rings is 1. The Labute approximate surface area is 89.7 Å². The molecule has 1 heterocycles. The Bertz CT molecular complexity index is 304. The zero-order valence-electron chi connectivity index (χ0n) is 8.09. The molecule has 0 amide bonds. The van der Waals surface area contributed by atoms with Crippen LogP contribution in [0.5, 0.6) is 0 Å². The summed E-state index contributed by atoms with van der Waals surface area (Å²) >= 11 is 1.93. The topological polar surface area (TPSA) is 26.0 Å². The molecule has 1 aliphatic carbocycles. The fourth-order valence-corrected chi connectivity index (χ4v) is 3.19. The summed E-state index contributed by atoms with van der Waals surface area (Å²) in [5, 5.41) is 0. The number of hydrogen-bond acceptors (Lipinski definition) is 2. The van der Waals surface area contributed by atoms with Gasteiger partial charge in [0, 0.05) is 15.4 Å². The van der Waals surface area contributed by atoms with Crippen molar-refractivity contribution in [2.75, 3.05) is 5.73 Å². The van der Waals surface area contributed by atoms with E-state index < -0.39 is 0 Å². The second-order valence-corrected chi connectivity index (χ2v) is 4.93. The van der Waals surface area contributed by atoms with Crippen molar-refractivity contribution < 1.29 is 0 Å². The summed E-state index contributed by atoms with van der Waals surface area (Å²) in [5.74, 6) is 0.598. The molecule has 0 saturated heterocycles. The van der Waals surface area contributed by atoms with Gasteiger partial charge in [-0.25, -0.2) is 0 Å². The molecule has 0 saturated carbocycles. The highest BCUT2D eigenvalue weighted by molar-refractivity contribution is 7.12. The van der Waals surface area contributed by atoms with Gasteiger partial charge in [-0.3, -0.25) is 0 Å². The molecule has 3 heteroatoms. The summed E-state index contributed by atoms with van der Waals surface area (Å²) in [6.45, 7) is 4.44. The Hall–Kier alpha value is -0.210. The SMILES string of the molecule is CC(C)c1sc2c(c1N)CCC2.Cl. The van der Waals surface area contributed by atoms with Gasteiger partial charge in [0.2, 0.25) is 0 Å². The first-order valence-corrected chi connectivity index (χ1v) is 5.41. The zero-order chi connectivity index (χ0) is 8.72. The van der Waals surface area contributed by atoms with E-state index in [2.05, 4.69) is 13.8 Å². The standard InChI is InChI=1S/C10H15NS.ClH/c1-6(2)10-9(11)7-4-3-5-8(7)12-10;/h6H,3-5,11H2,1-2H3;1H. The van der Waals surface area contributed by atoms with Crippen molar-refractivity contribution in [2.45, 2.75) is 39.0 Å². The normalized spacial score (nSPS) is 14.4. The van der Waals surface area contributed by atoms with Gasteiger partial charge < -0.3 is 5.73 Å². The largest absolute Gasteiger partial charge is 0.398 e. The van der Waals surface area contributed by atoms with Gasteiger partial charge in [-0.05, 0) is 30.7 Å². The maximum Gasteiger partial charge on any atom is 0.0493 e. The van der Waals surface area contributed by atoms with E-state index in [4.69, 9.17) is 5.73 Å². The van der Waals surface area contributed by atoms with E-state index in [1.54, 1.807) is 4.88 Å². The third-order valence-corrected chi connectivity index (χ3v) is 4.12. The molecule has 0 spiro atoms. The lowest BCUT2D eigenvalue weighted by Crippen LogP contribution is -1.93. The molecule has 13 heavy (non-hydrogen) atoms. The van der Waals surface area contributed by atoms with Crippen LogP contribution < -0.4 is 5.73 Å². The van der Waals surface area contributed by atoms with Crippen LogP contribution in [0, 0.1) is 0 Å². The van der Waals surface area contributed by atoms with E-state index in [1.165, 1.54) is 29.7 Å². The van der Waals surface area contributed by atoms with Gasteiger partial charge >= 0.3 is 0 Å². The van der Waals surface area contributed by atoms with Crippen LogP contribution in [0.25, 0.3) is 0 Å². The zero-order valence-corrected chi connectivity index (χ0v) is 9.73. The summed E-state index contributed by atoms with van der Waals surface area (Å²) in [7, 11) is 0. The molecule has 0 aromatic carbocycles. The minimum absolute atomic E-state index is 0.